The first-order chi connectivity index (χ1) is 10.8. The number of nitrogens with one attached hydrogen (secondary N) is 1. The van der Waals surface area contributed by atoms with Gasteiger partial charge in [0.2, 0.25) is 0 Å². The van der Waals surface area contributed by atoms with Gasteiger partial charge in [-0.25, -0.2) is 15.8 Å². The zero-order valence-electron chi connectivity index (χ0n) is 12.8. The normalized spacial score (nSPS) is 25.6. The topological polar surface area (TPSA) is 76.2 Å². The van der Waals surface area contributed by atoms with E-state index in [1.165, 1.54) is 43.4 Å². The fraction of sp³-hybridized carbons (Fsp3) is 0.562. The molecule has 0 spiro atoms. The number of nitrogen functional groups attached to an aromatic ring is 1. The maximum atomic E-state index is 5.61. The summed E-state index contributed by atoms with van der Waals surface area (Å²) in [6, 6.07) is 0. The molecule has 3 heterocycles. The van der Waals surface area contributed by atoms with Crippen LogP contribution < -0.4 is 11.3 Å². The van der Waals surface area contributed by atoms with E-state index in [2.05, 4.69) is 22.3 Å². The summed E-state index contributed by atoms with van der Waals surface area (Å²) in [4.78, 5) is 15.0. The van der Waals surface area contributed by atoms with Crippen LogP contribution >= 0.6 is 11.8 Å². The minimum absolute atomic E-state index is 0.225. The molecule has 0 bridgehead atoms. The van der Waals surface area contributed by atoms with Gasteiger partial charge in [0.15, 0.2) is 5.82 Å². The van der Waals surface area contributed by atoms with E-state index < -0.39 is 0 Å². The first-order valence-corrected chi connectivity index (χ1v) is 8.98. The number of unbranched alkanes of at least 4 members (excludes halogenated alkanes) is 1. The van der Waals surface area contributed by atoms with Crippen molar-refractivity contribution in [3.63, 3.8) is 0 Å². The molecule has 2 atom stereocenters. The van der Waals surface area contributed by atoms with E-state index in [1.54, 1.807) is 23.7 Å². The Morgan fingerprint density at radius 2 is 2.27 bits per heavy atom. The monoisotopic (exact) mass is 315 g/mol. The lowest BCUT2D eigenvalue weighted by Gasteiger charge is -2.26. The third-order valence-electron chi connectivity index (χ3n) is 4.82. The number of anilines is 1. The van der Waals surface area contributed by atoms with Gasteiger partial charge in [0, 0.05) is 5.71 Å². The van der Waals surface area contributed by atoms with Crippen LogP contribution in [0, 0.1) is 0 Å². The lowest BCUT2D eigenvalue weighted by molar-refractivity contribution is 0.694. The number of nitrogens with two attached hydrogens (primary N) is 1. The van der Waals surface area contributed by atoms with Crippen molar-refractivity contribution in [2.24, 2.45) is 10.8 Å². The lowest BCUT2D eigenvalue weighted by atomic mass is 9.87. The zero-order valence-corrected chi connectivity index (χ0v) is 13.6. The molecular formula is C16H21N5S. The maximum absolute atomic E-state index is 5.61. The van der Waals surface area contributed by atoms with Crippen molar-refractivity contribution in [1.29, 1.82) is 0 Å². The number of hydrogen-bond acceptors (Lipinski definition) is 6. The van der Waals surface area contributed by atoms with Crippen molar-refractivity contribution in [3.8, 4) is 0 Å². The first-order valence-electron chi connectivity index (χ1n) is 8.10. The molecule has 0 amide bonds. The molecule has 2 aliphatic heterocycles. The van der Waals surface area contributed by atoms with Crippen LogP contribution in [0.3, 0.4) is 0 Å². The van der Waals surface area contributed by atoms with E-state index in [1.807, 2.05) is 0 Å². The Morgan fingerprint density at radius 1 is 1.36 bits per heavy atom. The van der Waals surface area contributed by atoms with Gasteiger partial charge in [0.1, 0.15) is 11.7 Å². The van der Waals surface area contributed by atoms with Crippen molar-refractivity contribution >= 4 is 23.3 Å². The van der Waals surface area contributed by atoms with Crippen LogP contribution in [0.5, 0.6) is 0 Å². The lowest BCUT2D eigenvalue weighted by Crippen LogP contribution is -2.21. The van der Waals surface area contributed by atoms with Gasteiger partial charge in [0.05, 0.1) is 16.5 Å². The number of fused-ring (bicyclic) bond motifs is 4. The molecule has 116 valence electrons. The van der Waals surface area contributed by atoms with Crippen LogP contribution in [0.4, 0.5) is 5.82 Å². The average Bonchev–Trinajstić information content (AvgIpc) is 3.15. The summed E-state index contributed by atoms with van der Waals surface area (Å²) in [5.41, 5.74) is 8.29. The van der Waals surface area contributed by atoms with Gasteiger partial charge in [-0.3, -0.25) is 4.99 Å². The number of aliphatic imine (C=N–C) groups is 1. The van der Waals surface area contributed by atoms with Crippen LogP contribution in [0.1, 0.15) is 57.1 Å². The van der Waals surface area contributed by atoms with E-state index in [0.717, 1.165) is 22.8 Å². The van der Waals surface area contributed by atoms with Crippen LogP contribution in [0.15, 0.2) is 27.4 Å². The Kier molecular flexibility index (Phi) is 3.66. The van der Waals surface area contributed by atoms with E-state index in [0.29, 0.717) is 5.92 Å². The Labute approximate surface area is 134 Å². The van der Waals surface area contributed by atoms with Gasteiger partial charge in [-0.2, -0.15) is 0 Å². The maximum Gasteiger partial charge on any atom is 0.157 e. The Bertz CT molecular complexity index is 667. The molecule has 1 aliphatic carbocycles. The number of aromatic nitrogens is 2. The summed E-state index contributed by atoms with van der Waals surface area (Å²) in [5.74, 6) is 6.67. The van der Waals surface area contributed by atoms with Crippen molar-refractivity contribution in [3.05, 3.63) is 23.2 Å². The van der Waals surface area contributed by atoms with E-state index in [-0.39, 0.29) is 5.37 Å². The van der Waals surface area contributed by atoms with Gasteiger partial charge in [-0.1, -0.05) is 30.7 Å². The third kappa shape index (κ3) is 2.08. The highest BCUT2D eigenvalue weighted by Crippen LogP contribution is 2.55. The molecule has 1 aromatic rings. The second-order valence-corrected chi connectivity index (χ2v) is 7.23. The Hall–Kier alpha value is -1.40. The predicted octanol–water partition coefficient (Wildman–Crippen LogP) is 3.40. The Morgan fingerprint density at radius 3 is 3.09 bits per heavy atom. The SMILES string of the molecule is CCCCC1=N[C@H]2Sc3c(NN)ncnc3[C@@H]2C2=C1CCC2. The average molecular weight is 315 g/mol. The van der Waals surface area contributed by atoms with E-state index in [9.17, 15) is 0 Å². The molecule has 22 heavy (non-hydrogen) atoms. The molecular weight excluding hydrogens is 294 g/mol. The van der Waals surface area contributed by atoms with Crippen molar-refractivity contribution in [1.82, 2.24) is 9.97 Å². The summed E-state index contributed by atoms with van der Waals surface area (Å²) in [7, 11) is 0. The number of hydrogen-bond donors (Lipinski definition) is 2. The summed E-state index contributed by atoms with van der Waals surface area (Å²) < 4.78 is 0. The largest absolute Gasteiger partial charge is 0.307 e. The van der Waals surface area contributed by atoms with Crippen molar-refractivity contribution in [2.75, 3.05) is 5.43 Å². The summed E-state index contributed by atoms with van der Waals surface area (Å²) in [5, 5.41) is 0.225. The highest BCUT2D eigenvalue weighted by molar-refractivity contribution is 8.00. The van der Waals surface area contributed by atoms with Crippen molar-refractivity contribution in [2.45, 2.75) is 61.6 Å². The molecule has 0 saturated heterocycles. The molecule has 0 radical (unpaired) electrons. The number of rotatable bonds is 4. The number of allylic oxidation sites excluding steroid dienone is 1. The van der Waals surface area contributed by atoms with Crippen LogP contribution in [0.2, 0.25) is 0 Å². The third-order valence-corrected chi connectivity index (χ3v) is 6.08. The highest BCUT2D eigenvalue weighted by atomic mass is 32.2. The van der Waals surface area contributed by atoms with Crippen molar-refractivity contribution < 1.29 is 0 Å². The molecule has 0 aromatic carbocycles. The second-order valence-electron chi connectivity index (χ2n) is 6.10. The van der Waals surface area contributed by atoms with Crippen LogP contribution in [0.25, 0.3) is 0 Å². The standard InChI is InChI=1S/C16H21N5S/c1-2-3-7-11-9-5-4-6-10(9)12-13-14(22-16(12)20-11)15(21-17)19-8-18-13/h8,12,16H,2-7,17H2,1H3,(H,18,19,21)/t12-,16-/m0/s1. The minimum atomic E-state index is 0.225. The molecule has 0 saturated carbocycles. The number of dihydropyridines is 1. The summed E-state index contributed by atoms with van der Waals surface area (Å²) >= 11 is 1.77. The van der Waals surface area contributed by atoms with E-state index in [4.69, 9.17) is 10.8 Å². The molecule has 0 unspecified atom stereocenters. The number of hydrazine groups is 1. The molecule has 1 aromatic heterocycles. The van der Waals surface area contributed by atoms with E-state index >= 15 is 0 Å². The molecule has 5 nitrogen and oxygen atoms in total. The summed E-state index contributed by atoms with van der Waals surface area (Å²) in [6.45, 7) is 2.24. The Balaban J connectivity index is 1.76. The minimum Gasteiger partial charge on any atom is -0.307 e. The molecule has 6 heteroatoms. The fourth-order valence-corrected chi connectivity index (χ4v) is 5.20. The fourth-order valence-electron chi connectivity index (χ4n) is 3.82. The summed E-state index contributed by atoms with van der Waals surface area (Å²) in [6.07, 6.45) is 8.80. The van der Waals surface area contributed by atoms with Gasteiger partial charge in [0.25, 0.3) is 0 Å². The van der Waals surface area contributed by atoms with Gasteiger partial charge in [-0.05, 0) is 37.7 Å². The molecule has 4 rings (SSSR count). The second kappa shape index (κ2) is 5.66. The van der Waals surface area contributed by atoms with Gasteiger partial charge < -0.3 is 5.43 Å². The van der Waals surface area contributed by atoms with Crippen LogP contribution in [-0.4, -0.2) is 21.1 Å². The highest BCUT2D eigenvalue weighted by Gasteiger charge is 2.43. The molecule has 0 fully saturated rings. The van der Waals surface area contributed by atoms with Crippen LogP contribution in [-0.2, 0) is 0 Å². The molecule has 3 aliphatic rings. The number of thioether (sulfide) groups is 1. The smallest absolute Gasteiger partial charge is 0.157 e. The number of nitrogens with zero attached hydrogens (tertiary/aromatic N) is 3. The molecule has 3 N–H and O–H groups in total. The van der Waals surface area contributed by atoms with Gasteiger partial charge in [-0.15, -0.1) is 0 Å². The van der Waals surface area contributed by atoms with Gasteiger partial charge >= 0.3 is 0 Å². The predicted molar refractivity (Wildman–Crippen MR) is 90.1 cm³/mol. The quantitative estimate of drug-likeness (QED) is 0.658. The zero-order chi connectivity index (χ0) is 15.1. The first kappa shape index (κ1) is 14.2.